The molecule has 0 aliphatic carbocycles. The Morgan fingerprint density at radius 2 is 2.33 bits per heavy atom. The molecule has 0 atom stereocenters. The molecule has 0 aromatic carbocycles. The highest BCUT2D eigenvalue weighted by atomic mass is 32.1. The predicted molar refractivity (Wildman–Crippen MR) is 45.3 cm³/mol. The van der Waals surface area contributed by atoms with Gasteiger partial charge in [-0.15, -0.1) is 0 Å². The lowest BCUT2D eigenvalue weighted by Gasteiger charge is -1.97. The van der Waals surface area contributed by atoms with Gasteiger partial charge in [-0.3, -0.25) is 0 Å². The van der Waals surface area contributed by atoms with Crippen molar-refractivity contribution < 1.29 is 4.43 Å². The molecule has 0 fully saturated rings. The van der Waals surface area contributed by atoms with Gasteiger partial charge in [-0.25, -0.2) is 0 Å². The van der Waals surface area contributed by atoms with Crippen LogP contribution in [0.5, 0.6) is 0 Å². The molecule has 0 heterocycles. The number of thiol groups is 1. The molecule has 0 amide bonds. The van der Waals surface area contributed by atoms with E-state index in [0.29, 0.717) is 9.76 Å². The third-order valence-corrected chi connectivity index (χ3v) is 2.13. The van der Waals surface area contributed by atoms with Gasteiger partial charge in [-0.1, -0.05) is 6.92 Å². The van der Waals surface area contributed by atoms with Crippen LogP contribution in [0.3, 0.4) is 0 Å². The fourth-order valence-electron chi connectivity index (χ4n) is 0.398. The Hall–Kier alpha value is 0.527. The fraction of sp³-hybridized carbons (Fsp3) is 1.00. The molecule has 0 aromatic rings. The minimum atomic E-state index is 0.697. The first-order valence-corrected chi connectivity index (χ1v) is 5.12. The predicted octanol–water partition coefficient (Wildman–Crippen LogP) is 1.77. The maximum Gasteiger partial charge on any atom is 0.229 e. The maximum atomic E-state index is 5.28. The van der Waals surface area contributed by atoms with Crippen LogP contribution in [-0.2, 0) is 4.43 Å². The molecular formula is C6H14OSSi. The maximum absolute atomic E-state index is 5.28. The zero-order valence-electron chi connectivity index (χ0n) is 5.89. The number of rotatable bonds is 6. The molecule has 9 heavy (non-hydrogen) atoms. The molecule has 2 radical (unpaired) electrons. The van der Waals surface area contributed by atoms with Crippen molar-refractivity contribution in [3.63, 3.8) is 0 Å². The summed E-state index contributed by atoms with van der Waals surface area (Å²) in [5.41, 5.74) is 0. The van der Waals surface area contributed by atoms with Gasteiger partial charge in [0.1, 0.15) is 0 Å². The summed E-state index contributed by atoms with van der Waals surface area (Å²) in [5, 5.41) is 0. The Morgan fingerprint density at radius 3 is 2.89 bits per heavy atom. The van der Waals surface area contributed by atoms with Crippen LogP contribution in [-0.4, -0.2) is 22.1 Å². The molecule has 3 heteroatoms. The lowest BCUT2D eigenvalue weighted by atomic mass is 10.5. The van der Waals surface area contributed by atoms with E-state index >= 15 is 0 Å². The number of hydrogen-bond acceptors (Lipinski definition) is 2. The third-order valence-electron chi connectivity index (χ3n) is 0.845. The Balaban J connectivity index is 2.60. The van der Waals surface area contributed by atoms with Crippen molar-refractivity contribution in [1.82, 2.24) is 0 Å². The van der Waals surface area contributed by atoms with Gasteiger partial charge in [-0.2, -0.15) is 12.6 Å². The van der Waals surface area contributed by atoms with Crippen LogP contribution in [0.25, 0.3) is 0 Å². The van der Waals surface area contributed by atoms with E-state index in [9.17, 15) is 0 Å². The summed E-state index contributed by atoms with van der Waals surface area (Å²) < 4.78 is 5.28. The first kappa shape index (κ1) is 9.53. The van der Waals surface area contributed by atoms with Crippen molar-refractivity contribution in [3.05, 3.63) is 0 Å². The highest BCUT2D eigenvalue weighted by Gasteiger charge is 1.88. The van der Waals surface area contributed by atoms with Crippen LogP contribution in [0.15, 0.2) is 0 Å². The Morgan fingerprint density at radius 1 is 1.56 bits per heavy atom. The van der Waals surface area contributed by atoms with E-state index in [1.165, 1.54) is 12.5 Å². The van der Waals surface area contributed by atoms with Gasteiger partial charge in [0.15, 0.2) is 0 Å². The van der Waals surface area contributed by atoms with Gasteiger partial charge in [0, 0.05) is 6.61 Å². The summed E-state index contributed by atoms with van der Waals surface area (Å²) in [7, 11) is 0.697. The van der Waals surface area contributed by atoms with Crippen molar-refractivity contribution in [1.29, 1.82) is 0 Å². The van der Waals surface area contributed by atoms with E-state index in [1.54, 1.807) is 0 Å². The van der Waals surface area contributed by atoms with Crippen molar-refractivity contribution in [2.24, 2.45) is 0 Å². The van der Waals surface area contributed by atoms with Crippen LogP contribution in [0.1, 0.15) is 19.8 Å². The fourth-order valence-corrected chi connectivity index (χ4v) is 1.67. The van der Waals surface area contributed by atoms with Gasteiger partial charge in [0.2, 0.25) is 9.76 Å². The van der Waals surface area contributed by atoms with Crippen LogP contribution < -0.4 is 0 Å². The summed E-state index contributed by atoms with van der Waals surface area (Å²) in [5.74, 6) is 0.989. The van der Waals surface area contributed by atoms with Gasteiger partial charge < -0.3 is 4.43 Å². The molecule has 0 rings (SSSR count). The van der Waals surface area contributed by atoms with E-state index in [2.05, 4.69) is 19.6 Å². The van der Waals surface area contributed by atoms with Crippen molar-refractivity contribution >= 4 is 22.4 Å². The molecule has 1 nitrogen and oxygen atoms in total. The van der Waals surface area contributed by atoms with Crippen LogP contribution in [0.4, 0.5) is 0 Å². The zero-order chi connectivity index (χ0) is 6.95. The molecule has 0 N–H and O–H groups in total. The summed E-state index contributed by atoms with van der Waals surface area (Å²) in [4.78, 5) is 0. The largest absolute Gasteiger partial charge is 0.417 e. The van der Waals surface area contributed by atoms with E-state index in [0.717, 1.165) is 18.8 Å². The first-order chi connectivity index (χ1) is 4.41. The van der Waals surface area contributed by atoms with Crippen LogP contribution in [0.2, 0.25) is 6.04 Å². The molecule has 0 saturated carbocycles. The average Bonchev–Trinajstić information content (AvgIpc) is 1.89. The smallest absolute Gasteiger partial charge is 0.229 e. The molecule has 0 spiro atoms. The van der Waals surface area contributed by atoms with E-state index < -0.39 is 0 Å². The molecule has 0 aromatic heterocycles. The van der Waals surface area contributed by atoms with Gasteiger partial charge in [-0.05, 0) is 24.6 Å². The van der Waals surface area contributed by atoms with Gasteiger partial charge in [0.25, 0.3) is 0 Å². The Kier molecular flexibility index (Phi) is 9.03. The second kappa shape index (κ2) is 8.53. The Labute approximate surface area is 65.5 Å². The topological polar surface area (TPSA) is 9.23 Å². The molecule has 0 saturated heterocycles. The van der Waals surface area contributed by atoms with Crippen LogP contribution in [0, 0.1) is 0 Å². The zero-order valence-corrected chi connectivity index (χ0v) is 7.79. The SMILES string of the molecule is CCCO[Si]CCCS. The van der Waals surface area contributed by atoms with E-state index in [4.69, 9.17) is 4.43 Å². The van der Waals surface area contributed by atoms with Crippen molar-refractivity contribution in [2.45, 2.75) is 25.8 Å². The second-order valence-corrected chi connectivity index (χ2v) is 3.34. The average molecular weight is 162 g/mol. The van der Waals surface area contributed by atoms with Crippen molar-refractivity contribution in [3.8, 4) is 0 Å². The molecule has 0 bridgehead atoms. The van der Waals surface area contributed by atoms with E-state index in [-0.39, 0.29) is 0 Å². The molecule has 0 unspecified atom stereocenters. The molecule has 0 aliphatic rings. The third kappa shape index (κ3) is 8.53. The van der Waals surface area contributed by atoms with Gasteiger partial charge >= 0.3 is 0 Å². The van der Waals surface area contributed by atoms with Crippen molar-refractivity contribution in [2.75, 3.05) is 12.4 Å². The first-order valence-electron chi connectivity index (χ1n) is 3.37. The molecular weight excluding hydrogens is 148 g/mol. The highest BCUT2D eigenvalue weighted by Crippen LogP contribution is 1.91. The Bertz CT molecular complexity index is 46.3. The van der Waals surface area contributed by atoms with Crippen LogP contribution >= 0.6 is 12.6 Å². The standard InChI is InChI=1S/C6H14OSSi/c1-2-4-7-9-6-3-5-8/h8H,2-6H2,1H3. The summed E-state index contributed by atoms with van der Waals surface area (Å²) in [6, 6.07) is 1.18. The monoisotopic (exact) mass is 162 g/mol. The van der Waals surface area contributed by atoms with E-state index in [1.807, 2.05) is 0 Å². The lowest BCUT2D eigenvalue weighted by Crippen LogP contribution is -1.98. The lowest BCUT2D eigenvalue weighted by molar-refractivity contribution is 0.334. The number of hydrogen-bond donors (Lipinski definition) is 1. The quantitative estimate of drug-likeness (QED) is 0.356. The van der Waals surface area contributed by atoms with Gasteiger partial charge in [0.05, 0.1) is 0 Å². The summed E-state index contributed by atoms with van der Waals surface area (Å²) in [6.07, 6.45) is 2.32. The summed E-state index contributed by atoms with van der Waals surface area (Å²) >= 11 is 4.09. The summed E-state index contributed by atoms with van der Waals surface area (Å²) in [6.45, 7) is 3.05. The molecule has 0 aliphatic heterocycles. The normalized spacial score (nSPS) is 10.0. The minimum Gasteiger partial charge on any atom is -0.417 e. The highest BCUT2D eigenvalue weighted by molar-refractivity contribution is 7.80. The minimum absolute atomic E-state index is 0.697. The molecule has 54 valence electrons. The second-order valence-electron chi connectivity index (χ2n) is 1.82.